The number of thiophene rings is 1. The van der Waals surface area contributed by atoms with Crippen molar-refractivity contribution in [3.63, 3.8) is 0 Å². The maximum atomic E-state index is 12.1. The van der Waals surface area contributed by atoms with Crippen LogP contribution in [0.25, 0.3) is 0 Å². The molecule has 0 fully saturated rings. The summed E-state index contributed by atoms with van der Waals surface area (Å²) in [5.74, 6) is -1.76. The highest BCUT2D eigenvalue weighted by Crippen LogP contribution is 2.36. The summed E-state index contributed by atoms with van der Waals surface area (Å²) in [4.78, 5) is 10.5. The fraction of sp³-hybridized carbons (Fsp3) is 0. The summed E-state index contributed by atoms with van der Waals surface area (Å²) >= 11 is 12.4. The van der Waals surface area contributed by atoms with Crippen molar-refractivity contribution in [2.24, 2.45) is 0 Å². The summed E-state index contributed by atoms with van der Waals surface area (Å²) in [6.45, 7) is 0. The Morgan fingerprint density at radius 1 is 1.24 bits per heavy atom. The van der Waals surface area contributed by atoms with Gasteiger partial charge in [0.2, 0.25) is 0 Å². The summed E-state index contributed by atoms with van der Waals surface area (Å²) in [5, 5.41) is 18.4. The van der Waals surface area contributed by atoms with Gasteiger partial charge in [0.25, 0.3) is 10.0 Å². The number of halogens is 2. The largest absolute Gasteiger partial charge is 0.506 e. The first-order valence-electron chi connectivity index (χ1n) is 5.24. The zero-order chi connectivity index (χ0) is 15.8. The van der Waals surface area contributed by atoms with Gasteiger partial charge in [0.1, 0.15) is 15.0 Å². The Kier molecular flexibility index (Phi) is 4.33. The number of carboxylic acids is 1. The van der Waals surface area contributed by atoms with E-state index in [4.69, 9.17) is 28.3 Å². The molecule has 2 aromatic rings. The molecule has 0 saturated heterocycles. The van der Waals surface area contributed by atoms with Crippen LogP contribution in [0.4, 0.5) is 5.69 Å². The Hall–Kier alpha value is -1.48. The van der Waals surface area contributed by atoms with Crippen LogP contribution in [0.3, 0.4) is 0 Å². The average molecular weight is 368 g/mol. The standard InChI is InChI=1S/C11H7Cl2NO5S2/c12-9-4-8(10(13)20-9)21(18,19)14-6-2-1-5(11(16)17)3-7(6)15/h1-4,14-15H,(H,16,17). The molecule has 1 aromatic heterocycles. The highest BCUT2D eigenvalue weighted by molar-refractivity contribution is 7.93. The molecule has 10 heteroatoms. The van der Waals surface area contributed by atoms with Gasteiger partial charge in [-0.15, -0.1) is 11.3 Å². The lowest BCUT2D eigenvalue weighted by Gasteiger charge is -2.09. The van der Waals surface area contributed by atoms with Crippen LogP contribution in [-0.4, -0.2) is 24.6 Å². The third kappa shape index (κ3) is 3.41. The lowest BCUT2D eigenvalue weighted by atomic mass is 10.2. The Bertz CT molecular complexity index is 816. The molecule has 6 nitrogen and oxygen atoms in total. The van der Waals surface area contributed by atoms with Crippen molar-refractivity contribution in [1.82, 2.24) is 0 Å². The molecule has 0 saturated carbocycles. The molecule has 21 heavy (non-hydrogen) atoms. The number of hydrogen-bond acceptors (Lipinski definition) is 5. The van der Waals surface area contributed by atoms with Crippen LogP contribution in [0, 0.1) is 0 Å². The zero-order valence-corrected chi connectivity index (χ0v) is 13.1. The van der Waals surface area contributed by atoms with Crippen LogP contribution in [-0.2, 0) is 10.0 Å². The van der Waals surface area contributed by atoms with Crippen LogP contribution in [0.1, 0.15) is 10.4 Å². The van der Waals surface area contributed by atoms with E-state index >= 15 is 0 Å². The van der Waals surface area contributed by atoms with E-state index in [1.54, 1.807) is 0 Å². The van der Waals surface area contributed by atoms with Crippen molar-refractivity contribution in [2.75, 3.05) is 4.72 Å². The van der Waals surface area contributed by atoms with Gasteiger partial charge >= 0.3 is 5.97 Å². The smallest absolute Gasteiger partial charge is 0.335 e. The van der Waals surface area contributed by atoms with Crippen molar-refractivity contribution in [1.29, 1.82) is 0 Å². The van der Waals surface area contributed by atoms with Gasteiger partial charge in [-0.1, -0.05) is 23.2 Å². The van der Waals surface area contributed by atoms with Gasteiger partial charge in [0.05, 0.1) is 15.6 Å². The quantitative estimate of drug-likeness (QED) is 0.719. The van der Waals surface area contributed by atoms with Gasteiger partial charge in [-0.25, -0.2) is 13.2 Å². The molecule has 0 radical (unpaired) electrons. The molecule has 0 aliphatic carbocycles. The minimum absolute atomic E-state index is 0.0193. The number of phenols is 1. The number of aromatic carboxylic acids is 1. The molecule has 0 bridgehead atoms. The Morgan fingerprint density at radius 2 is 1.90 bits per heavy atom. The molecule has 1 heterocycles. The van der Waals surface area contributed by atoms with Gasteiger partial charge in [0.15, 0.2) is 0 Å². The maximum Gasteiger partial charge on any atom is 0.335 e. The average Bonchev–Trinajstić information content (AvgIpc) is 2.71. The third-order valence-electron chi connectivity index (χ3n) is 2.40. The minimum Gasteiger partial charge on any atom is -0.506 e. The Morgan fingerprint density at radius 3 is 2.38 bits per heavy atom. The number of carboxylic acid groups (broad SMARTS) is 1. The lowest BCUT2D eigenvalue weighted by Crippen LogP contribution is -2.13. The van der Waals surface area contributed by atoms with Crippen LogP contribution in [0.5, 0.6) is 5.75 Å². The molecule has 2 rings (SSSR count). The fourth-order valence-corrected chi connectivity index (χ4v) is 4.68. The summed E-state index contributed by atoms with van der Waals surface area (Å²) in [5.41, 5.74) is -0.342. The van der Waals surface area contributed by atoms with E-state index in [1.165, 1.54) is 6.07 Å². The summed E-state index contributed by atoms with van der Waals surface area (Å²) in [7, 11) is -4.04. The second-order valence-corrected chi connectivity index (χ2v) is 7.77. The van der Waals surface area contributed by atoms with E-state index in [1.807, 2.05) is 0 Å². The summed E-state index contributed by atoms with van der Waals surface area (Å²) in [6, 6.07) is 4.41. The van der Waals surface area contributed by atoms with E-state index in [9.17, 15) is 18.3 Å². The van der Waals surface area contributed by atoms with Gasteiger partial charge < -0.3 is 10.2 Å². The highest BCUT2D eigenvalue weighted by atomic mass is 35.5. The number of hydrogen-bond donors (Lipinski definition) is 3. The Labute approximate surface area is 133 Å². The number of aromatic hydroxyl groups is 1. The molecular formula is C11H7Cl2NO5S2. The highest BCUT2D eigenvalue weighted by Gasteiger charge is 2.22. The molecule has 0 spiro atoms. The topological polar surface area (TPSA) is 104 Å². The number of phenolic OH excluding ortho intramolecular Hbond substituents is 1. The Balaban J connectivity index is 2.37. The number of anilines is 1. The van der Waals surface area contributed by atoms with Gasteiger partial charge in [-0.2, -0.15) is 0 Å². The zero-order valence-electron chi connectivity index (χ0n) is 10.0. The number of sulfonamides is 1. The van der Waals surface area contributed by atoms with Gasteiger partial charge in [0, 0.05) is 0 Å². The van der Waals surface area contributed by atoms with Crippen molar-refractivity contribution >= 4 is 56.2 Å². The molecule has 3 N–H and O–H groups in total. The predicted molar refractivity (Wildman–Crippen MR) is 80.2 cm³/mol. The molecule has 0 aliphatic rings. The van der Waals surface area contributed by atoms with Crippen molar-refractivity contribution < 1.29 is 23.4 Å². The second-order valence-electron chi connectivity index (χ2n) is 3.83. The van der Waals surface area contributed by atoms with E-state index in [0.717, 1.165) is 29.5 Å². The number of benzene rings is 1. The SMILES string of the molecule is O=C(O)c1ccc(NS(=O)(=O)c2cc(Cl)sc2Cl)c(O)c1. The summed E-state index contributed by atoms with van der Waals surface area (Å²) < 4.78 is 26.6. The molecule has 0 atom stereocenters. The molecule has 0 aliphatic heterocycles. The summed E-state index contributed by atoms with van der Waals surface area (Å²) in [6.07, 6.45) is 0. The molecule has 0 amide bonds. The number of rotatable bonds is 4. The molecule has 0 unspecified atom stereocenters. The molecule has 1 aromatic carbocycles. The monoisotopic (exact) mass is 367 g/mol. The minimum atomic E-state index is -4.04. The first-order chi connectivity index (χ1) is 9.70. The molecular weight excluding hydrogens is 361 g/mol. The normalized spacial score (nSPS) is 11.3. The van der Waals surface area contributed by atoms with Gasteiger partial charge in [-0.3, -0.25) is 4.72 Å². The van der Waals surface area contributed by atoms with Crippen LogP contribution < -0.4 is 4.72 Å². The third-order valence-corrected chi connectivity index (χ3v) is 5.52. The van der Waals surface area contributed by atoms with Gasteiger partial charge in [-0.05, 0) is 24.3 Å². The maximum absolute atomic E-state index is 12.1. The number of nitrogens with one attached hydrogen (secondary N) is 1. The van der Waals surface area contributed by atoms with E-state index in [2.05, 4.69) is 4.72 Å². The van der Waals surface area contributed by atoms with Crippen LogP contribution >= 0.6 is 34.5 Å². The van der Waals surface area contributed by atoms with E-state index < -0.39 is 21.7 Å². The second kappa shape index (κ2) is 5.72. The lowest BCUT2D eigenvalue weighted by molar-refractivity contribution is 0.0696. The molecule has 112 valence electrons. The predicted octanol–water partition coefficient (Wildman–Crippen LogP) is 3.26. The van der Waals surface area contributed by atoms with Crippen LogP contribution in [0.15, 0.2) is 29.2 Å². The fourth-order valence-electron chi connectivity index (χ4n) is 1.46. The van der Waals surface area contributed by atoms with E-state index in [-0.39, 0.29) is 24.8 Å². The van der Waals surface area contributed by atoms with Crippen molar-refractivity contribution in [3.8, 4) is 5.75 Å². The van der Waals surface area contributed by atoms with Crippen molar-refractivity contribution in [3.05, 3.63) is 38.5 Å². The first kappa shape index (κ1) is 15.9. The first-order valence-corrected chi connectivity index (χ1v) is 8.30. The van der Waals surface area contributed by atoms with Crippen molar-refractivity contribution in [2.45, 2.75) is 4.90 Å². The van der Waals surface area contributed by atoms with E-state index in [0.29, 0.717) is 0 Å². The van der Waals surface area contributed by atoms with Crippen LogP contribution in [0.2, 0.25) is 8.67 Å². The number of carbonyl (C=O) groups is 1.